The van der Waals surface area contributed by atoms with Crippen LogP contribution in [0.15, 0.2) is 261 Å². The number of anilines is 2. The van der Waals surface area contributed by atoms with Crippen molar-refractivity contribution in [3.05, 3.63) is 289 Å². The van der Waals surface area contributed by atoms with E-state index in [1.54, 1.807) is 0 Å². The summed E-state index contributed by atoms with van der Waals surface area (Å²) in [6.07, 6.45) is 1.93. The zero-order chi connectivity index (χ0) is 54.4. The van der Waals surface area contributed by atoms with Gasteiger partial charge in [-0.1, -0.05) is 203 Å². The molecule has 0 radical (unpaired) electrons. The summed E-state index contributed by atoms with van der Waals surface area (Å²) in [5.74, 6) is 2.41. The van der Waals surface area contributed by atoms with Gasteiger partial charge in [0, 0.05) is 45.6 Å². The van der Waals surface area contributed by atoms with Crippen molar-refractivity contribution in [1.82, 2.24) is 14.1 Å². The Labute approximate surface area is 475 Å². The number of nitrogens with zero attached hydrogens (tertiary/aromatic N) is 4. The molecule has 5 nitrogen and oxygen atoms in total. The number of rotatable bonds is 5. The van der Waals surface area contributed by atoms with Crippen LogP contribution in [-0.2, 0) is 17.5 Å². The Morgan fingerprint density at radius 3 is 1.73 bits per heavy atom. The van der Waals surface area contributed by atoms with Gasteiger partial charge in [-0.25, -0.2) is 4.98 Å². The second-order valence-corrected chi connectivity index (χ2v) is 23.4. The fraction of sp³-hybridized carbons (Fsp3) is 0.0779. The first-order valence-corrected chi connectivity index (χ1v) is 28.5. The number of benzene rings is 11. The van der Waals surface area contributed by atoms with E-state index in [2.05, 4.69) is 290 Å². The van der Waals surface area contributed by atoms with Gasteiger partial charge >= 0.3 is 0 Å². The molecule has 3 aliphatic rings. The van der Waals surface area contributed by atoms with Gasteiger partial charge in [-0.05, 0) is 149 Å². The summed E-state index contributed by atoms with van der Waals surface area (Å²) in [5, 5.41) is 9.55. The summed E-state index contributed by atoms with van der Waals surface area (Å²) in [6.45, 7) is 7.35. The summed E-state index contributed by atoms with van der Waals surface area (Å²) in [7, 11) is 0. The molecular formula is C77H54N4O. The van der Waals surface area contributed by atoms with Crippen LogP contribution in [-0.4, -0.2) is 14.1 Å². The number of para-hydroxylation sites is 3. The SMILES string of the molecule is CC(C)(C)c1ccnc(-n2c3ccccc3c3ccc(Oc4cccc(N5Cn6c7ccccc7c7ccccc7c7c(-c8ccc9c(c8)-c8ccccc8C98c9ccccc9-c9ccccc98)cccc7c7cccc5c76)c4)cc32)c1. The van der Waals surface area contributed by atoms with Gasteiger partial charge < -0.3 is 14.2 Å². The Bertz CT molecular complexity index is 5080. The normalized spacial score (nSPS) is 13.6. The number of ether oxygens (including phenoxy) is 1. The fourth-order valence-corrected chi connectivity index (χ4v) is 14.5. The summed E-state index contributed by atoms with van der Waals surface area (Å²) in [5.41, 5.74) is 20.5. The molecule has 0 amide bonds. The Balaban J connectivity index is 0.831. The quantitative estimate of drug-likeness (QED) is 0.172. The van der Waals surface area contributed by atoms with E-state index in [4.69, 9.17) is 9.72 Å². The molecular weight excluding hydrogens is 997 g/mol. The lowest BCUT2D eigenvalue weighted by atomic mass is 9.70. The summed E-state index contributed by atoms with van der Waals surface area (Å²) in [6, 6.07) is 94.3. The molecule has 0 unspecified atom stereocenters. The number of fused-ring (bicyclic) bond motifs is 20. The molecule has 82 heavy (non-hydrogen) atoms. The Morgan fingerprint density at radius 2 is 0.976 bits per heavy atom. The third-order valence-corrected chi connectivity index (χ3v) is 18.1. The maximum atomic E-state index is 6.91. The first-order chi connectivity index (χ1) is 40.3. The van der Waals surface area contributed by atoms with Gasteiger partial charge in [-0.15, -0.1) is 0 Å². The molecule has 388 valence electrons. The zero-order valence-electron chi connectivity index (χ0n) is 45.7. The Kier molecular flexibility index (Phi) is 9.89. The van der Waals surface area contributed by atoms with Crippen molar-refractivity contribution in [3.63, 3.8) is 0 Å². The fourth-order valence-electron chi connectivity index (χ4n) is 14.5. The van der Waals surface area contributed by atoms with Crippen LogP contribution in [0.5, 0.6) is 11.5 Å². The first kappa shape index (κ1) is 46.7. The average Bonchev–Trinajstić information content (AvgIpc) is 3.12. The monoisotopic (exact) mass is 1050 g/mol. The van der Waals surface area contributed by atoms with E-state index in [1.807, 2.05) is 6.20 Å². The molecule has 0 N–H and O–H groups in total. The molecule has 5 heteroatoms. The largest absolute Gasteiger partial charge is 0.457 e. The lowest BCUT2D eigenvalue weighted by Gasteiger charge is -2.30. The highest BCUT2D eigenvalue weighted by Gasteiger charge is 2.51. The van der Waals surface area contributed by atoms with Crippen LogP contribution in [0.3, 0.4) is 0 Å². The molecule has 14 aromatic rings. The molecule has 17 rings (SSSR count). The molecule has 0 bridgehead atoms. The van der Waals surface area contributed by atoms with E-state index in [0.717, 1.165) is 50.6 Å². The Morgan fingerprint density at radius 1 is 0.415 bits per heavy atom. The van der Waals surface area contributed by atoms with Gasteiger partial charge in [0.15, 0.2) is 0 Å². The molecule has 0 fully saturated rings. The molecule has 1 aliphatic heterocycles. The molecule has 3 aromatic heterocycles. The van der Waals surface area contributed by atoms with Gasteiger partial charge in [0.05, 0.1) is 33.2 Å². The minimum atomic E-state index is -0.406. The van der Waals surface area contributed by atoms with Crippen LogP contribution in [0.4, 0.5) is 11.4 Å². The standard InChI is InChI=1S/C77H54N4O/c1-76(2,3)49-41-42-78-73(44-49)81-70-35-15-10-26-59(70)60-39-38-52(46-72(60)81)82-51-20-16-19-50(45-51)79-47-80-69-34-14-9-25-58(69)54-21-4-5-27-61(54)74-53(28-17-29-62(74)63-30-18-36-71(79)75(63)80)48-37-40-68-64(43-48)57-24-8-13-33-67(57)77(68)65-31-11-6-22-55(65)56-23-7-12-32-66(56)77/h4-46H,47H2,1-3H3. The van der Waals surface area contributed by atoms with Crippen molar-refractivity contribution < 1.29 is 4.74 Å². The van der Waals surface area contributed by atoms with Crippen molar-refractivity contribution in [2.45, 2.75) is 38.3 Å². The van der Waals surface area contributed by atoms with Crippen LogP contribution in [0.25, 0.3) is 104 Å². The van der Waals surface area contributed by atoms with Crippen LogP contribution < -0.4 is 9.64 Å². The van der Waals surface area contributed by atoms with Gasteiger partial charge in [0.2, 0.25) is 0 Å². The lowest BCUT2D eigenvalue weighted by Crippen LogP contribution is -2.25. The van der Waals surface area contributed by atoms with Crippen LogP contribution in [0.2, 0.25) is 0 Å². The highest BCUT2D eigenvalue weighted by atomic mass is 16.5. The van der Waals surface area contributed by atoms with Gasteiger partial charge in [-0.3, -0.25) is 4.57 Å². The van der Waals surface area contributed by atoms with Gasteiger partial charge in [0.1, 0.15) is 24.0 Å². The number of hydrogen-bond acceptors (Lipinski definition) is 3. The minimum Gasteiger partial charge on any atom is -0.457 e. The van der Waals surface area contributed by atoms with E-state index in [-0.39, 0.29) is 5.41 Å². The van der Waals surface area contributed by atoms with Crippen molar-refractivity contribution in [1.29, 1.82) is 0 Å². The van der Waals surface area contributed by atoms with Crippen LogP contribution in [0, 0.1) is 0 Å². The average molecular weight is 1050 g/mol. The van der Waals surface area contributed by atoms with Crippen LogP contribution >= 0.6 is 0 Å². The summed E-state index contributed by atoms with van der Waals surface area (Å²) in [4.78, 5) is 7.38. The number of pyridine rings is 1. The molecule has 0 saturated heterocycles. The molecule has 1 spiro atoms. The van der Waals surface area contributed by atoms with E-state index in [0.29, 0.717) is 6.67 Å². The summed E-state index contributed by atoms with van der Waals surface area (Å²) < 4.78 is 11.7. The molecule has 4 heterocycles. The third-order valence-electron chi connectivity index (χ3n) is 18.1. The lowest BCUT2D eigenvalue weighted by molar-refractivity contribution is 0.483. The molecule has 0 saturated carbocycles. The van der Waals surface area contributed by atoms with E-state index in [9.17, 15) is 0 Å². The first-order valence-electron chi connectivity index (χ1n) is 28.5. The molecule has 0 atom stereocenters. The number of hydrogen-bond donors (Lipinski definition) is 0. The third kappa shape index (κ3) is 6.59. The zero-order valence-corrected chi connectivity index (χ0v) is 45.7. The minimum absolute atomic E-state index is 0.0249. The second-order valence-electron chi connectivity index (χ2n) is 23.4. The maximum absolute atomic E-state index is 6.91. The van der Waals surface area contributed by atoms with Crippen LogP contribution in [0.1, 0.15) is 48.6 Å². The van der Waals surface area contributed by atoms with E-state index < -0.39 is 5.41 Å². The topological polar surface area (TPSA) is 35.2 Å². The van der Waals surface area contributed by atoms with Gasteiger partial charge in [0.25, 0.3) is 0 Å². The highest BCUT2D eigenvalue weighted by Crippen LogP contribution is 2.63. The predicted octanol–water partition coefficient (Wildman–Crippen LogP) is 19.9. The molecule has 11 aromatic carbocycles. The maximum Gasteiger partial charge on any atom is 0.137 e. The highest BCUT2D eigenvalue weighted by molar-refractivity contribution is 6.24. The predicted molar refractivity (Wildman–Crippen MR) is 340 cm³/mol. The van der Waals surface area contributed by atoms with E-state index >= 15 is 0 Å². The summed E-state index contributed by atoms with van der Waals surface area (Å²) >= 11 is 0. The Hall–Kier alpha value is -10.2. The smallest absolute Gasteiger partial charge is 0.137 e. The second kappa shape index (κ2) is 17.4. The van der Waals surface area contributed by atoms with Crippen molar-refractivity contribution >= 4 is 76.5 Å². The number of aromatic nitrogens is 3. The van der Waals surface area contributed by atoms with Crippen molar-refractivity contribution in [2.24, 2.45) is 0 Å². The van der Waals surface area contributed by atoms with Gasteiger partial charge in [-0.2, -0.15) is 0 Å². The van der Waals surface area contributed by atoms with E-state index in [1.165, 1.54) is 104 Å². The van der Waals surface area contributed by atoms with Crippen molar-refractivity contribution in [2.75, 3.05) is 4.90 Å². The van der Waals surface area contributed by atoms with Crippen molar-refractivity contribution in [3.8, 4) is 50.7 Å². The molecule has 2 aliphatic carbocycles.